The monoisotopic (exact) mass is 298 g/mol. The van der Waals surface area contributed by atoms with E-state index < -0.39 is 0 Å². The number of fused-ring (bicyclic) bond motifs is 1. The van der Waals surface area contributed by atoms with Crippen molar-refractivity contribution in [2.45, 2.75) is 32.4 Å². The van der Waals surface area contributed by atoms with Gasteiger partial charge in [0.25, 0.3) is 0 Å². The highest BCUT2D eigenvalue weighted by Crippen LogP contribution is 2.30. The van der Waals surface area contributed by atoms with Gasteiger partial charge in [-0.2, -0.15) is 5.26 Å². The second kappa shape index (κ2) is 6.75. The lowest BCUT2D eigenvalue weighted by atomic mass is 10.2. The number of thiophene rings is 1. The average molecular weight is 298 g/mol. The molecule has 0 fully saturated rings. The van der Waals surface area contributed by atoms with E-state index in [1.54, 1.807) is 10.4 Å². The van der Waals surface area contributed by atoms with Crippen molar-refractivity contribution >= 4 is 11.3 Å². The van der Waals surface area contributed by atoms with Gasteiger partial charge in [0.15, 0.2) is 6.61 Å². The quantitative estimate of drug-likeness (QED) is 0.888. The summed E-state index contributed by atoms with van der Waals surface area (Å²) in [4.78, 5) is 3.03. The summed E-state index contributed by atoms with van der Waals surface area (Å²) in [5.41, 5.74) is 2.79. The van der Waals surface area contributed by atoms with Crippen molar-refractivity contribution in [3.63, 3.8) is 0 Å². The third-order valence-electron chi connectivity index (χ3n) is 3.65. The number of ether oxygens (including phenoxy) is 1. The zero-order valence-corrected chi connectivity index (χ0v) is 12.7. The molecule has 4 heteroatoms. The summed E-state index contributed by atoms with van der Waals surface area (Å²) in [6, 6.07) is 12.2. The molecule has 1 aromatic carbocycles. The lowest BCUT2D eigenvalue weighted by Gasteiger charge is -2.05. The third kappa shape index (κ3) is 3.63. The lowest BCUT2D eigenvalue weighted by Crippen LogP contribution is -2.11. The van der Waals surface area contributed by atoms with Crippen LogP contribution in [0.4, 0.5) is 0 Å². The van der Waals surface area contributed by atoms with Gasteiger partial charge in [0, 0.05) is 22.8 Å². The first-order valence-corrected chi connectivity index (χ1v) is 8.06. The van der Waals surface area contributed by atoms with Crippen LogP contribution in [0.15, 0.2) is 30.3 Å². The predicted molar refractivity (Wildman–Crippen MR) is 84.4 cm³/mol. The topological polar surface area (TPSA) is 45.0 Å². The molecule has 1 aromatic heterocycles. The van der Waals surface area contributed by atoms with E-state index in [0.717, 1.165) is 18.8 Å². The fourth-order valence-electron chi connectivity index (χ4n) is 2.63. The van der Waals surface area contributed by atoms with Crippen LogP contribution in [-0.4, -0.2) is 6.61 Å². The van der Waals surface area contributed by atoms with Crippen molar-refractivity contribution < 1.29 is 4.74 Å². The van der Waals surface area contributed by atoms with Crippen molar-refractivity contribution in [2.75, 3.05) is 6.61 Å². The standard InChI is InChI=1S/C17H18N2OS/c18-8-9-20-15-6-4-13(5-7-15)11-19-12-16-10-14-2-1-3-17(14)21-16/h4-7,10,19H,1-3,9,11-12H2. The maximum absolute atomic E-state index is 8.47. The zero-order valence-electron chi connectivity index (χ0n) is 11.9. The summed E-state index contributed by atoms with van der Waals surface area (Å²) in [6.07, 6.45) is 3.86. The van der Waals surface area contributed by atoms with Crippen LogP contribution >= 0.6 is 11.3 Å². The van der Waals surface area contributed by atoms with Crippen molar-refractivity contribution in [1.29, 1.82) is 5.26 Å². The summed E-state index contributed by atoms with van der Waals surface area (Å²) < 4.78 is 5.24. The van der Waals surface area contributed by atoms with Gasteiger partial charge in [-0.1, -0.05) is 12.1 Å². The van der Waals surface area contributed by atoms with Crippen LogP contribution in [0.5, 0.6) is 5.75 Å². The van der Waals surface area contributed by atoms with Crippen molar-refractivity contribution in [3.8, 4) is 11.8 Å². The van der Waals surface area contributed by atoms with E-state index in [2.05, 4.69) is 11.4 Å². The second-order valence-corrected chi connectivity index (χ2v) is 6.43. The minimum absolute atomic E-state index is 0.0979. The molecule has 0 unspecified atom stereocenters. The molecule has 1 aliphatic carbocycles. The van der Waals surface area contributed by atoms with Crippen LogP contribution in [0.2, 0.25) is 0 Å². The molecular formula is C17H18N2OS. The van der Waals surface area contributed by atoms with Crippen molar-refractivity contribution in [3.05, 3.63) is 51.2 Å². The van der Waals surface area contributed by atoms with Crippen molar-refractivity contribution in [2.24, 2.45) is 0 Å². The van der Waals surface area contributed by atoms with Gasteiger partial charge >= 0.3 is 0 Å². The minimum atomic E-state index is 0.0979. The SMILES string of the molecule is N#CCOc1ccc(CNCc2cc3c(s2)CCC3)cc1. The Labute approximate surface area is 129 Å². The number of nitrogens with zero attached hydrogens (tertiary/aromatic N) is 1. The molecular weight excluding hydrogens is 280 g/mol. The van der Waals surface area contributed by atoms with Gasteiger partial charge in [0.05, 0.1) is 0 Å². The Hall–Kier alpha value is -1.83. The lowest BCUT2D eigenvalue weighted by molar-refractivity contribution is 0.368. The van der Waals surface area contributed by atoms with Crippen LogP contribution < -0.4 is 10.1 Å². The molecule has 0 spiro atoms. The van der Waals surface area contributed by atoms with E-state index in [1.165, 1.54) is 29.7 Å². The molecule has 0 amide bonds. The maximum Gasteiger partial charge on any atom is 0.174 e. The fourth-order valence-corrected chi connectivity index (χ4v) is 3.86. The summed E-state index contributed by atoms with van der Waals surface area (Å²) in [6.45, 7) is 1.88. The molecule has 2 aromatic rings. The van der Waals surface area contributed by atoms with E-state index >= 15 is 0 Å². The number of nitrogens with one attached hydrogen (secondary N) is 1. The Morgan fingerprint density at radius 3 is 2.81 bits per heavy atom. The average Bonchev–Trinajstić information content (AvgIpc) is 3.08. The molecule has 0 atom stereocenters. The van der Waals surface area contributed by atoms with E-state index in [0.29, 0.717) is 0 Å². The van der Waals surface area contributed by atoms with Crippen LogP contribution in [0, 0.1) is 11.3 Å². The maximum atomic E-state index is 8.47. The first-order chi connectivity index (χ1) is 10.3. The second-order valence-electron chi connectivity index (χ2n) is 5.21. The Kier molecular flexibility index (Phi) is 4.54. The summed E-state index contributed by atoms with van der Waals surface area (Å²) >= 11 is 1.96. The van der Waals surface area contributed by atoms with E-state index in [-0.39, 0.29) is 6.61 Å². The van der Waals surface area contributed by atoms with Crippen LogP contribution in [0.3, 0.4) is 0 Å². The smallest absolute Gasteiger partial charge is 0.174 e. The zero-order chi connectivity index (χ0) is 14.5. The van der Waals surface area contributed by atoms with Crippen molar-refractivity contribution in [1.82, 2.24) is 5.32 Å². The number of rotatable bonds is 6. The summed E-state index contributed by atoms with van der Waals surface area (Å²) in [5, 5.41) is 12.0. The van der Waals surface area contributed by atoms with Crippen LogP contribution in [-0.2, 0) is 25.9 Å². The molecule has 108 valence electrons. The van der Waals surface area contributed by atoms with Gasteiger partial charge in [-0.25, -0.2) is 0 Å². The molecule has 3 nitrogen and oxygen atoms in total. The first kappa shape index (κ1) is 14.1. The summed E-state index contributed by atoms with van der Waals surface area (Å²) in [7, 11) is 0. The molecule has 0 bridgehead atoms. The highest BCUT2D eigenvalue weighted by atomic mass is 32.1. The van der Waals surface area contributed by atoms with E-state index in [4.69, 9.17) is 10.00 Å². The van der Waals surface area contributed by atoms with E-state index in [1.807, 2.05) is 41.7 Å². The van der Waals surface area contributed by atoms with Gasteiger partial charge < -0.3 is 10.1 Å². The van der Waals surface area contributed by atoms with Crippen LogP contribution in [0.25, 0.3) is 0 Å². The number of benzene rings is 1. The molecule has 0 saturated carbocycles. The normalized spacial score (nSPS) is 12.9. The summed E-state index contributed by atoms with van der Waals surface area (Å²) in [5.74, 6) is 0.745. The molecule has 21 heavy (non-hydrogen) atoms. The molecule has 3 rings (SSSR count). The van der Waals surface area contributed by atoms with Gasteiger partial charge in [-0.15, -0.1) is 11.3 Å². The first-order valence-electron chi connectivity index (χ1n) is 7.25. The molecule has 1 aliphatic rings. The van der Waals surface area contributed by atoms with Gasteiger partial charge in [-0.3, -0.25) is 0 Å². The third-order valence-corrected chi connectivity index (χ3v) is 4.89. The number of aryl methyl sites for hydroxylation is 2. The highest BCUT2D eigenvalue weighted by molar-refractivity contribution is 7.12. The number of hydrogen-bond acceptors (Lipinski definition) is 4. The number of nitriles is 1. The predicted octanol–water partition coefficient (Wildman–Crippen LogP) is 3.43. The molecule has 0 aliphatic heterocycles. The number of hydrogen-bond donors (Lipinski definition) is 1. The fraction of sp³-hybridized carbons (Fsp3) is 0.353. The molecule has 0 radical (unpaired) electrons. The minimum Gasteiger partial charge on any atom is -0.479 e. The largest absolute Gasteiger partial charge is 0.479 e. The Bertz CT molecular complexity index is 618. The Morgan fingerprint density at radius 2 is 2.05 bits per heavy atom. The Morgan fingerprint density at radius 1 is 1.19 bits per heavy atom. The molecule has 0 saturated heterocycles. The highest BCUT2D eigenvalue weighted by Gasteiger charge is 2.14. The Balaban J connectivity index is 1.47. The van der Waals surface area contributed by atoms with Crippen LogP contribution in [0.1, 0.15) is 27.3 Å². The van der Waals surface area contributed by atoms with Gasteiger partial charge in [-0.05, 0) is 48.6 Å². The molecule has 1 heterocycles. The van der Waals surface area contributed by atoms with Gasteiger partial charge in [0.2, 0.25) is 0 Å². The van der Waals surface area contributed by atoms with Gasteiger partial charge in [0.1, 0.15) is 11.8 Å². The molecule has 1 N–H and O–H groups in total. The van der Waals surface area contributed by atoms with E-state index in [9.17, 15) is 0 Å².